The van der Waals surface area contributed by atoms with Crippen LogP contribution in [0.5, 0.6) is 0 Å². The zero-order valence-corrected chi connectivity index (χ0v) is 17.8. The molecule has 1 N–H and O–H groups in total. The molecule has 0 radical (unpaired) electrons. The monoisotopic (exact) mass is 419 g/mol. The molecule has 2 aliphatic rings. The molecule has 2 aromatic carbocycles. The van der Waals surface area contributed by atoms with Crippen molar-refractivity contribution >= 4 is 17.5 Å². The molecule has 2 unspecified atom stereocenters. The first kappa shape index (κ1) is 19.4. The van der Waals surface area contributed by atoms with Gasteiger partial charge >= 0.3 is 0 Å². The number of carbonyl (C=O) groups is 1. The molecule has 1 amide bonds. The molecular weight excluding hydrogens is 394 g/mol. The van der Waals surface area contributed by atoms with Crippen LogP contribution in [0.4, 0.5) is 0 Å². The Morgan fingerprint density at radius 2 is 1.83 bits per heavy atom. The third-order valence-corrected chi connectivity index (χ3v) is 7.16. The molecule has 2 aliphatic carbocycles. The maximum absolute atomic E-state index is 12.6. The molecule has 5 atom stereocenters. The van der Waals surface area contributed by atoms with Crippen molar-refractivity contribution in [1.29, 1.82) is 0 Å². The van der Waals surface area contributed by atoms with Crippen molar-refractivity contribution < 1.29 is 4.79 Å². The number of imidazole rings is 1. The van der Waals surface area contributed by atoms with Gasteiger partial charge in [-0.05, 0) is 61.3 Å². The van der Waals surface area contributed by atoms with Gasteiger partial charge < -0.3 is 9.88 Å². The molecule has 0 saturated heterocycles. The van der Waals surface area contributed by atoms with Crippen molar-refractivity contribution in [3.8, 4) is 11.3 Å². The van der Waals surface area contributed by atoms with Gasteiger partial charge in [-0.3, -0.25) is 4.79 Å². The Labute approximate surface area is 182 Å². The fourth-order valence-corrected chi connectivity index (χ4v) is 5.45. The second kappa shape index (κ2) is 7.92. The van der Waals surface area contributed by atoms with Gasteiger partial charge in [0, 0.05) is 34.4 Å². The van der Waals surface area contributed by atoms with Crippen LogP contribution in [0, 0.1) is 17.8 Å². The molecular formula is C25H26ClN3O. The summed E-state index contributed by atoms with van der Waals surface area (Å²) in [6.07, 6.45) is 7.47. The highest BCUT2D eigenvalue weighted by Gasteiger charge is 2.58. The molecule has 5 rings (SSSR count). The summed E-state index contributed by atoms with van der Waals surface area (Å²) in [5.41, 5.74) is 2.87. The summed E-state index contributed by atoms with van der Waals surface area (Å²) in [5, 5.41) is 3.92. The topological polar surface area (TPSA) is 46.9 Å². The number of hydrogen-bond acceptors (Lipinski definition) is 2. The maximum Gasteiger partial charge on any atom is 0.251 e. The number of carbonyl (C=O) groups excluding carboxylic acids is 1. The van der Waals surface area contributed by atoms with Gasteiger partial charge in [-0.2, -0.15) is 0 Å². The average molecular weight is 420 g/mol. The molecule has 0 aliphatic heterocycles. The van der Waals surface area contributed by atoms with E-state index < -0.39 is 0 Å². The summed E-state index contributed by atoms with van der Waals surface area (Å²) in [5.74, 6) is 2.00. The van der Waals surface area contributed by atoms with Crippen molar-refractivity contribution in [1.82, 2.24) is 14.9 Å². The lowest BCUT2D eigenvalue weighted by Crippen LogP contribution is -2.37. The Hall–Kier alpha value is -2.59. The van der Waals surface area contributed by atoms with Crippen molar-refractivity contribution in [2.24, 2.45) is 17.8 Å². The smallest absolute Gasteiger partial charge is 0.251 e. The number of halogens is 1. The zero-order chi connectivity index (χ0) is 20.7. The molecule has 2 saturated carbocycles. The van der Waals surface area contributed by atoms with E-state index in [1.807, 2.05) is 24.5 Å². The van der Waals surface area contributed by atoms with E-state index in [9.17, 15) is 4.79 Å². The van der Waals surface area contributed by atoms with E-state index in [2.05, 4.69) is 40.1 Å². The Bertz CT molecular complexity index is 1020. The largest absolute Gasteiger partial charge is 0.349 e. The molecule has 154 valence electrons. The molecule has 30 heavy (non-hydrogen) atoms. The lowest BCUT2D eigenvalue weighted by atomic mass is 9.99. The Morgan fingerprint density at radius 3 is 2.50 bits per heavy atom. The van der Waals surface area contributed by atoms with Gasteiger partial charge in [0.1, 0.15) is 0 Å². The SMILES string of the molecule is CCC(NC(=O)c1ccc(Cl)cc1)[C@H]1C2C[C@@H](n3cnc(-c4ccccc4)c3)C[C@@H]21. The van der Waals surface area contributed by atoms with Crippen LogP contribution in [0.1, 0.15) is 42.6 Å². The molecule has 5 heteroatoms. The third kappa shape index (κ3) is 3.65. The van der Waals surface area contributed by atoms with E-state index in [-0.39, 0.29) is 11.9 Å². The predicted octanol–water partition coefficient (Wildman–Crippen LogP) is 5.61. The second-order valence-corrected chi connectivity index (χ2v) is 9.03. The fourth-order valence-electron chi connectivity index (χ4n) is 5.32. The van der Waals surface area contributed by atoms with Gasteiger partial charge in [0.2, 0.25) is 0 Å². The van der Waals surface area contributed by atoms with Gasteiger partial charge in [-0.15, -0.1) is 0 Å². The number of benzene rings is 2. The van der Waals surface area contributed by atoms with E-state index in [0.29, 0.717) is 34.4 Å². The van der Waals surface area contributed by atoms with Crippen LogP contribution in [-0.4, -0.2) is 21.5 Å². The van der Waals surface area contributed by atoms with Gasteiger partial charge in [0.15, 0.2) is 0 Å². The van der Waals surface area contributed by atoms with Gasteiger partial charge in [-0.1, -0.05) is 48.9 Å². The number of rotatable bonds is 6. The summed E-state index contributed by atoms with van der Waals surface area (Å²) in [7, 11) is 0. The van der Waals surface area contributed by atoms with Crippen molar-refractivity contribution in [2.75, 3.05) is 0 Å². The van der Waals surface area contributed by atoms with E-state index in [1.54, 1.807) is 24.3 Å². The van der Waals surface area contributed by atoms with Crippen LogP contribution in [0.15, 0.2) is 67.1 Å². The number of nitrogens with one attached hydrogen (secondary N) is 1. The fraction of sp³-hybridized carbons (Fsp3) is 0.360. The quantitative estimate of drug-likeness (QED) is 0.564. The van der Waals surface area contributed by atoms with E-state index in [1.165, 1.54) is 12.8 Å². The molecule has 2 fully saturated rings. The minimum Gasteiger partial charge on any atom is -0.349 e. The molecule has 3 aromatic rings. The second-order valence-electron chi connectivity index (χ2n) is 8.60. The van der Waals surface area contributed by atoms with E-state index in [4.69, 9.17) is 11.6 Å². The lowest BCUT2D eigenvalue weighted by Gasteiger charge is -2.22. The maximum atomic E-state index is 12.6. The predicted molar refractivity (Wildman–Crippen MR) is 119 cm³/mol. The summed E-state index contributed by atoms with van der Waals surface area (Å²) >= 11 is 5.94. The van der Waals surface area contributed by atoms with E-state index >= 15 is 0 Å². The number of hydrogen-bond donors (Lipinski definition) is 1. The summed E-state index contributed by atoms with van der Waals surface area (Å²) in [6.45, 7) is 2.17. The summed E-state index contributed by atoms with van der Waals surface area (Å²) in [6, 6.07) is 18.2. The number of amides is 1. The van der Waals surface area contributed by atoms with Gasteiger partial charge in [0.05, 0.1) is 12.0 Å². The van der Waals surface area contributed by atoms with Crippen LogP contribution in [-0.2, 0) is 0 Å². The van der Waals surface area contributed by atoms with Crippen LogP contribution in [0.3, 0.4) is 0 Å². The molecule has 1 aromatic heterocycles. The van der Waals surface area contributed by atoms with Crippen LogP contribution in [0.2, 0.25) is 5.02 Å². The van der Waals surface area contributed by atoms with Crippen LogP contribution >= 0.6 is 11.6 Å². The Morgan fingerprint density at radius 1 is 1.13 bits per heavy atom. The highest BCUT2D eigenvalue weighted by Crippen LogP contribution is 2.62. The van der Waals surface area contributed by atoms with Crippen molar-refractivity contribution in [3.05, 3.63) is 77.7 Å². The average Bonchev–Trinajstić information content (AvgIpc) is 3.15. The number of nitrogens with zero attached hydrogens (tertiary/aromatic N) is 2. The van der Waals surface area contributed by atoms with Crippen molar-refractivity contribution in [2.45, 2.75) is 38.3 Å². The number of aromatic nitrogens is 2. The van der Waals surface area contributed by atoms with Crippen LogP contribution in [0.25, 0.3) is 11.3 Å². The van der Waals surface area contributed by atoms with E-state index in [0.717, 1.165) is 17.7 Å². The van der Waals surface area contributed by atoms with Gasteiger partial charge in [-0.25, -0.2) is 4.98 Å². The molecule has 0 spiro atoms. The summed E-state index contributed by atoms with van der Waals surface area (Å²) in [4.78, 5) is 17.3. The first-order valence-electron chi connectivity index (χ1n) is 10.8. The molecule has 1 heterocycles. The first-order chi connectivity index (χ1) is 14.6. The minimum absolute atomic E-state index is 0.00199. The molecule has 0 bridgehead atoms. The zero-order valence-electron chi connectivity index (χ0n) is 17.0. The standard InChI is InChI=1S/C25H26ClN3O/c1-2-22(28-25(30)17-8-10-18(26)11-9-17)24-20-12-19(13-21(20)24)29-14-23(27-15-29)16-6-4-3-5-7-16/h3-11,14-15,19-22,24H,2,12-13H2,1H3,(H,28,30)/t19-,20-,21?,22?,24+/m0/s1. The lowest BCUT2D eigenvalue weighted by molar-refractivity contribution is 0.0927. The first-order valence-corrected chi connectivity index (χ1v) is 11.2. The number of fused-ring (bicyclic) bond motifs is 1. The van der Waals surface area contributed by atoms with Crippen LogP contribution < -0.4 is 5.32 Å². The Kier molecular flexibility index (Phi) is 5.11. The molecule has 4 nitrogen and oxygen atoms in total. The summed E-state index contributed by atoms with van der Waals surface area (Å²) < 4.78 is 2.29. The highest BCUT2D eigenvalue weighted by atomic mass is 35.5. The minimum atomic E-state index is 0.00199. The van der Waals surface area contributed by atoms with Gasteiger partial charge in [0.25, 0.3) is 5.91 Å². The highest BCUT2D eigenvalue weighted by molar-refractivity contribution is 6.30. The van der Waals surface area contributed by atoms with Crippen molar-refractivity contribution in [3.63, 3.8) is 0 Å². The third-order valence-electron chi connectivity index (χ3n) is 6.91. The normalized spacial score (nSPS) is 25.5. The Balaban J connectivity index is 1.20.